The van der Waals surface area contributed by atoms with Gasteiger partial charge in [-0.2, -0.15) is 0 Å². The lowest BCUT2D eigenvalue weighted by Crippen LogP contribution is -2.01. The summed E-state index contributed by atoms with van der Waals surface area (Å²) in [6.45, 7) is 0. The van der Waals surface area contributed by atoms with Gasteiger partial charge in [-0.15, -0.1) is 0 Å². The van der Waals surface area contributed by atoms with E-state index in [0.29, 0.717) is 15.8 Å². The molecule has 0 saturated carbocycles. The van der Waals surface area contributed by atoms with Crippen LogP contribution in [-0.2, 0) is 0 Å². The lowest BCUT2D eigenvalue weighted by Gasteiger charge is -2.03. The lowest BCUT2D eigenvalue weighted by atomic mass is 9.98. The second-order valence-electron chi connectivity index (χ2n) is 5.71. The summed E-state index contributed by atoms with van der Waals surface area (Å²) in [6.07, 6.45) is 0. The van der Waals surface area contributed by atoms with Crippen LogP contribution in [0.5, 0.6) is 5.75 Å². The molecule has 1 unspecified atom stereocenters. The molecule has 0 fully saturated rings. The first-order valence-electron chi connectivity index (χ1n) is 7.81. The molecule has 0 bridgehead atoms. The van der Waals surface area contributed by atoms with Gasteiger partial charge >= 0.3 is 0 Å². The van der Waals surface area contributed by atoms with Crippen molar-refractivity contribution >= 4 is 26.6 Å². The normalized spacial score (nSPS) is 11.6. The number of benzene rings is 3. The molecule has 1 atom stereocenters. The molecule has 4 heteroatoms. The number of ketones is 1. The monoisotopic (exact) mass is 346 g/mol. The molecule has 3 nitrogen and oxygen atoms in total. The zero-order valence-electron chi connectivity index (χ0n) is 13.2. The van der Waals surface area contributed by atoms with Crippen molar-refractivity contribution in [3.63, 3.8) is 0 Å². The van der Waals surface area contributed by atoms with Crippen LogP contribution in [-0.4, -0.2) is 15.4 Å². The van der Waals surface area contributed by atoms with Gasteiger partial charge in [-0.3, -0.25) is 4.79 Å². The Hall–Kier alpha value is -2.95. The quantitative estimate of drug-likeness (QED) is 0.411. The Kier molecular flexibility index (Phi) is 3.84. The van der Waals surface area contributed by atoms with Gasteiger partial charge in [0.25, 0.3) is 0 Å². The van der Waals surface area contributed by atoms with Crippen molar-refractivity contribution in [2.75, 3.05) is 0 Å². The van der Waals surface area contributed by atoms with E-state index in [1.54, 1.807) is 36.4 Å². The van der Waals surface area contributed by atoms with E-state index in [1.165, 1.54) is 6.07 Å². The van der Waals surface area contributed by atoms with E-state index in [9.17, 15) is 14.5 Å². The van der Waals surface area contributed by atoms with Gasteiger partial charge in [0.05, 0.1) is 5.56 Å². The molecule has 0 aliphatic heterocycles. The first-order chi connectivity index (χ1) is 12.2. The largest absolute Gasteiger partial charge is 0.590 e. The van der Waals surface area contributed by atoms with Crippen molar-refractivity contribution in [3.05, 3.63) is 89.3 Å². The fraction of sp³-hybridized carbons (Fsp3) is 0. The molecule has 25 heavy (non-hydrogen) atoms. The minimum atomic E-state index is -1.64. The van der Waals surface area contributed by atoms with E-state index < -0.39 is 10.8 Å². The molecular formula is C21H14O3S. The summed E-state index contributed by atoms with van der Waals surface area (Å²) in [7, 11) is -1.64. The lowest BCUT2D eigenvalue weighted by molar-refractivity contribution is 0.104. The molecule has 4 aromatic rings. The number of hydrogen-bond donors (Lipinski definition) is 1. The summed E-state index contributed by atoms with van der Waals surface area (Å²) in [6, 6.07) is 23.0. The zero-order valence-corrected chi connectivity index (χ0v) is 14.0. The van der Waals surface area contributed by atoms with E-state index in [1.807, 2.05) is 36.4 Å². The number of carbonyl (C=O) groups is 1. The zero-order chi connectivity index (χ0) is 17.4. The van der Waals surface area contributed by atoms with E-state index >= 15 is 0 Å². The van der Waals surface area contributed by atoms with Crippen molar-refractivity contribution in [1.29, 1.82) is 0 Å². The summed E-state index contributed by atoms with van der Waals surface area (Å²) >= 11 is 0. The fourth-order valence-corrected chi connectivity index (χ4v) is 4.52. The Balaban J connectivity index is 2.06. The third-order valence-corrected chi connectivity index (χ3v) is 5.65. The van der Waals surface area contributed by atoms with E-state index in [4.69, 9.17) is 0 Å². The second kappa shape index (κ2) is 6.16. The average Bonchev–Trinajstić information content (AvgIpc) is 2.95. The smallest absolute Gasteiger partial charge is 0.245 e. The van der Waals surface area contributed by atoms with Gasteiger partial charge in [0.2, 0.25) is 10.7 Å². The number of phenolic OH excluding ortho intramolecular Hbond substituents is 1. The van der Waals surface area contributed by atoms with Crippen LogP contribution in [0.15, 0.2) is 78.9 Å². The molecule has 0 spiro atoms. The Morgan fingerprint density at radius 1 is 0.880 bits per heavy atom. The summed E-state index contributed by atoms with van der Waals surface area (Å²) < 4.78 is 13.5. The maximum absolute atomic E-state index is 13.1. The van der Waals surface area contributed by atoms with E-state index in [0.717, 1.165) is 10.9 Å². The molecule has 0 amide bonds. The Morgan fingerprint density at radius 2 is 1.52 bits per heavy atom. The number of aromatic hydroxyl groups is 1. The van der Waals surface area contributed by atoms with Crippen LogP contribution in [0.3, 0.4) is 0 Å². The van der Waals surface area contributed by atoms with Crippen LogP contribution in [0.4, 0.5) is 0 Å². The number of rotatable bonds is 3. The predicted molar refractivity (Wildman–Crippen MR) is 99.6 cm³/mol. The third-order valence-electron chi connectivity index (χ3n) is 4.15. The van der Waals surface area contributed by atoms with Crippen LogP contribution < -0.4 is 0 Å². The molecule has 3 aromatic carbocycles. The van der Waals surface area contributed by atoms with Crippen LogP contribution in [0.2, 0.25) is 0 Å². The van der Waals surface area contributed by atoms with Gasteiger partial charge in [0.1, 0.15) is 5.75 Å². The Morgan fingerprint density at radius 3 is 2.20 bits per heavy atom. The molecule has 1 heterocycles. The van der Waals surface area contributed by atoms with E-state index in [-0.39, 0.29) is 16.4 Å². The first-order valence-corrected chi connectivity index (χ1v) is 8.96. The van der Waals surface area contributed by atoms with Gasteiger partial charge in [-0.1, -0.05) is 60.7 Å². The minimum Gasteiger partial charge on any atom is -0.590 e. The van der Waals surface area contributed by atoms with Gasteiger partial charge in [0, 0.05) is 17.0 Å². The summed E-state index contributed by atoms with van der Waals surface area (Å²) in [5, 5.41) is 10.5. The highest BCUT2D eigenvalue weighted by atomic mass is 32.2. The van der Waals surface area contributed by atoms with Crippen molar-refractivity contribution in [2.45, 2.75) is 0 Å². The standard InChI is InChI=1S/C21H14O3S/c22-16-11-12-17-18(13-16)25(24)21(19(17)14-7-3-1-4-8-14)20(23)15-9-5-2-6-10-15/h1-13,22H. The highest BCUT2D eigenvalue weighted by molar-refractivity contribution is 7.33. The van der Waals surface area contributed by atoms with Gasteiger partial charge in [0.15, 0.2) is 4.70 Å². The fourth-order valence-electron chi connectivity index (χ4n) is 3.01. The molecule has 1 aromatic heterocycles. The number of hydrogen-bond acceptors (Lipinski definition) is 3. The number of phenols is 1. The van der Waals surface area contributed by atoms with Crippen LogP contribution >= 0.6 is 10.8 Å². The molecule has 1 N–H and O–H groups in total. The molecule has 0 aliphatic carbocycles. The summed E-state index contributed by atoms with van der Waals surface area (Å²) in [5.41, 5.74) is 2.00. The van der Waals surface area contributed by atoms with Crippen LogP contribution in [0.25, 0.3) is 21.2 Å². The van der Waals surface area contributed by atoms with Crippen molar-refractivity contribution in [3.8, 4) is 16.9 Å². The molecule has 0 saturated heterocycles. The molecular weight excluding hydrogens is 332 g/mol. The highest BCUT2D eigenvalue weighted by Gasteiger charge is 2.30. The first kappa shape index (κ1) is 15.6. The van der Waals surface area contributed by atoms with Gasteiger partial charge in [-0.05, 0) is 28.4 Å². The second-order valence-corrected chi connectivity index (χ2v) is 7.10. The molecule has 0 aliphatic rings. The number of carbonyl (C=O) groups excluding carboxylic acids is 1. The van der Waals surface area contributed by atoms with Crippen molar-refractivity contribution < 1.29 is 14.5 Å². The van der Waals surface area contributed by atoms with Gasteiger partial charge < -0.3 is 9.66 Å². The van der Waals surface area contributed by atoms with Crippen molar-refractivity contribution in [1.82, 2.24) is 0 Å². The SMILES string of the molecule is O=C(c1ccccc1)c1c(-c2ccccc2)c2ccc(O)cc2[s+]1[O-]. The number of thiophene rings is 1. The number of fused-ring (bicyclic) bond motifs is 1. The maximum Gasteiger partial charge on any atom is 0.245 e. The third kappa shape index (κ3) is 2.61. The highest BCUT2D eigenvalue weighted by Crippen LogP contribution is 2.45. The Bertz CT molecular complexity index is 1070. The Labute approximate surface area is 147 Å². The van der Waals surface area contributed by atoms with Crippen molar-refractivity contribution in [2.24, 2.45) is 0 Å². The summed E-state index contributed by atoms with van der Waals surface area (Å²) in [4.78, 5) is 13.3. The average molecular weight is 346 g/mol. The molecule has 4 rings (SSSR count). The van der Waals surface area contributed by atoms with Gasteiger partial charge in [-0.25, -0.2) is 0 Å². The maximum atomic E-state index is 13.1. The van der Waals surface area contributed by atoms with E-state index in [2.05, 4.69) is 0 Å². The van der Waals surface area contributed by atoms with Crippen LogP contribution in [0.1, 0.15) is 15.2 Å². The molecule has 122 valence electrons. The summed E-state index contributed by atoms with van der Waals surface area (Å²) in [5.74, 6) is -0.221. The molecule has 0 radical (unpaired) electrons. The predicted octanol–water partition coefficient (Wildman–Crippen LogP) is 5.17. The van der Waals surface area contributed by atoms with Crippen LogP contribution in [0, 0.1) is 0 Å². The minimum absolute atomic E-state index is 0.0351. The topological polar surface area (TPSA) is 60.4 Å².